The molecule has 1 atom stereocenters. The Hall–Kier alpha value is -1.40. The second-order valence-electron chi connectivity index (χ2n) is 4.28. The van der Waals surface area contributed by atoms with Gasteiger partial charge in [0.25, 0.3) is 0 Å². The molecule has 0 saturated heterocycles. The van der Waals surface area contributed by atoms with Crippen LogP contribution in [-0.2, 0) is 6.18 Å². The Morgan fingerprint density at radius 2 is 1.95 bits per heavy atom. The third-order valence-corrected chi connectivity index (χ3v) is 3.62. The monoisotopic (exact) mass is 303 g/mol. The van der Waals surface area contributed by atoms with Crippen molar-refractivity contribution >= 4 is 11.3 Å². The standard InChI is InChI=1S/C14H13F4NS/c1-2-19-13(10-5-6-20-8-10)9-3-4-11(12(15)7-9)14(16,17)18/h3-8,13,19H,2H2,1H3. The third kappa shape index (κ3) is 3.19. The van der Waals surface area contributed by atoms with E-state index >= 15 is 0 Å². The average molecular weight is 303 g/mol. The lowest BCUT2D eigenvalue weighted by Crippen LogP contribution is -2.22. The van der Waals surface area contributed by atoms with Crippen molar-refractivity contribution in [3.05, 3.63) is 57.5 Å². The van der Waals surface area contributed by atoms with E-state index in [9.17, 15) is 17.6 Å². The molecule has 0 bridgehead atoms. The van der Waals surface area contributed by atoms with Gasteiger partial charge in [-0.3, -0.25) is 0 Å². The van der Waals surface area contributed by atoms with Crippen LogP contribution in [0, 0.1) is 5.82 Å². The Labute approximate surface area is 118 Å². The lowest BCUT2D eigenvalue weighted by Gasteiger charge is -2.18. The molecular formula is C14H13F4NS. The zero-order chi connectivity index (χ0) is 14.8. The van der Waals surface area contributed by atoms with Gasteiger partial charge in [0.15, 0.2) is 0 Å². The van der Waals surface area contributed by atoms with Gasteiger partial charge in [-0.05, 0) is 46.6 Å². The molecule has 0 saturated carbocycles. The molecule has 1 aromatic carbocycles. The van der Waals surface area contributed by atoms with Crippen LogP contribution in [0.2, 0.25) is 0 Å². The normalized spacial score (nSPS) is 13.4. The van der Waals surface area contributed by atoms with Gasteiger partial charge in [-0.1, -0.05) is 13.0 Å². The number of alkyl halides is 3. The average Bonchev–Trinajstić information content (AvgIpc) is 2.87. The van der Waals surface area contributed by atoms with Crippen LogP contribution in [0.15, 0.2) is 35.0 Å². The largest absolute Gasteiger partial charge is 0.419 e. The molecule has 1 N–H and O–H groups in total. The van der Waals surface area contributed by atoms with Crippen molar-refractivity contribution in [3.8, 4) is 0 Å². The van der Waals surface area contributed by atoms with Gasteiger partial charge >= 0.3 is 6.18 Å². The highest BCUT2D eigenvalue weighted by Crippen LogP contribution is 2.33. The number of thiophene rings is 1. The summed E-state index contributed by atoms with van der Waals surface area (Å²) in [5.41, 5.74) is 0.161. The predicted octanol–water partition coefficient (Wildman–Crippen LogP) is 4.60. The summed E-state index contributed by atoms with van der Waals surface area (Å²) in [6, 6.07) is 4.63. The van der Waals surface area contributed by atoms with E-state index in [1.807, 2.05) is 23.8 Å². The summed E-state index contributed by atoms with van der Waals surface area (Å²) < 4.78 is 51.3. The van der Waals surface area contributed by atoms with Gasteiger partial charge in [-0.15, -0.1) is 0 Å². The van der Waals surface area contributed by atoms with Gasteiger partial charge in [-0.25, -0.2) is 4.39 Å². The molecule has 1 unspecified atom stereocenters. The van der Waals surface area contributed by atoms with E-state index in [0.717, 1.165) is 17.7 Å². The zero-order valence-electron chi connectivity index (χ0n) is 10.7. The molecule has 20 heavy (non-hydrogen) atoms. The molecule has 2 rings (SSSR count). The molecular weight excluding hydrogens is 290 g/mol. The van der Waals surface area contributed by atoms with Crippen LogP contribution in [0.5, 0.6) is 0 Å². The molecule has 6 heteroatoms. The zero-order valence-corrected chi connectivity index (χ0v) is 11.5. The van der Waals surface area contributed by atoms with E-state index in [2.05, 4.69) is 5.32 Å². The molecule has 0 aliphatic rings. The first-order valence-electron chi connectivity index (χ1n) is 6.05. The highest BCUT2D eigenvalue weighted by Gasteiger charge is 2.34. The van der Waals surface area contributed by atoms with Gasteiger partial charge in [0.1, 0.15) is 5.82 Å². The number of hydrogen-bond acceptors (Lipinski definition) is 2. The maximum Gasteiger partial charge on any atom is 0.419 e. The van der Waals surface area contributed by atoms with Crippen LogP contribution in [-0.4, -0.2) is 6.54 Å². The van der Waals surface area contributed by atoms with Gasteiger partial charge in [-0.2, -0.15) is 24.5 Å². The maximum absolute atomic E-state index is 13.6. The van der Waals surface area contributed by atoms with Crippen molar-refractivity contribution in [2.75, 3.05) is 6.54 Å². The van der Waals surface area contributed by atoms with Crippen molar-refractivity contribution in [3.63, 3.8) is 0 Å². The second kappa shape index (κ2) is 5.93. The minimum absolute atomic E-state index is 0.303. The Morgan fingerprint density at radius 3 is 2.45 bits per heavy atom. The number of hydrogen-bond donors (Lipinski definition) is 1. The molecule has 1 nitrogen and oxygen atoms in total. The SMILES string of the molecule is CCNC(c1ccsc1)c1ccc(C(F)(F)F)c(F)c1. The fourth-order valence-electron chi connectivity index (χ4n) is 2.01. The summed E-state index contributed by atoms with van der Waals surface area (Å²) in [5, 5.41) is 6.91. The smallest absolute Gasteiger partial charge is 0.307 e. The van der Waals surface area contributed by atoms with Crippen LogP contribution in [0.3, 0.4) is 0 Å². The molecule has 0 spiro atoms. The van der Waals surface area contributed by atoms with Crippen molar-refractivity contribution in [1.29, 1.82) is 0 Å². The van der Waals surface area contributed by atoms with E-state index < -0.39 is 17.6 Å². The second-order valence-corrected chi connectivity index (χ2v) is 5.06. The Balaban J connectivity index is 2.38. The van der Waals surface area contributed by atoms with E-state index in [-0.39, 0.29) is 6.04 Å². The van der Waals surface area contributed by atoms with Crippen molar-refractivity contribution in [1.82, 2.24) is 5.32 Å². The van der Waals surface area contributed by atoms with E-state index in [1.165, 1.54) is 17.4 Å². The topological polar surface area (TPSA) is 12.0 Å². The third-order valence-electron chi connectivity index (χ3n) is 2.92. The molecule has 0 aliphatic carbocycles. The number of rotatable bonds is 4. The molecule has 0 radical (unpaired) electrons. The lowest BCUT2D eigenvalue weighted by atomic mass is 9.99. The Bertz CT molecular complexity index is 563. The molecule has 108 valence electrons. The van der Waals surface area contributed by atoms with Crippen LogP contribution >= 0.6 is 11.3 Å². The number of nitrogens with one attached hydrogen (secondary N) is 1. The summed E-state index contributed by atoms with van der Waals surface area (Å²) in [5.74, 6) is -1.24. The number of halogens is 4. The van der Waals surface area contributed by atoms with E-state index in [1.54, 1.807) is 0 Å². The lowest BCUT2D eigenvalue weighted by molar-refractivity contribution is -0.140. The van der Waals surface area contributed by atoms with Gasteiger partial charge in [0.2, 0.25) is 0 Å². The summed E-state index contributed by atoms with van der Waals surface area (Å²) in [7, 11) is 0. The van der Waals surface area contributed by atoms with Gasteiger partial charge < -0.3 is 5.32 Å². The summed E-state index contributed by atoms with van der Waals surface area (Å²) in [6.45, 7) is 2.52. The summed E-state index contributed by atoms with van der Waals surface area (Å²) in [6.07, 6.45) is -4.67. The fourth-order valence-corrected chi connectivity index (χ4v) is 2.70. The van der Waals surface area contributed by atoms with Crippen LogP contribution < -0.4 is 5.32 Å². The molecule has 1 aromatic heterocycles. The molecule has 0 amide bonds. The summed E-state index contributed by atoms with van der Waals surface area (Å²) in [4.78, 5) is 0. The highest BCUT2D eigenvalue weighted by atomic mass is 32.1. The highest BCUT2D eigenvalue weighted by molar-refractivity contribution is 7.08. The first-order chi connectivity index (χ1) is 9.43. The Kier molecular flexibility index (Phi) is 4.45. The van der Waals surface area contributed by atoms with Gasteiger partial charge in [0, 0.05) is 0 Å². The van der Waals surface area contributed by atoms with Crippen molar-refractivity contribution < 1.29 is 17.6 Å². The fraction of sp³-hybridized carbons (Fsp3) is 0.286. The molecule has 2 aromatic rings. The van der Waals surface area contributed by atoms with Crippen molar-refractivity contribution in [2.24, 2.45) is 0 Å². The van der Waals surface area contributed by atoms with Gasteiger partial charge in [0.05, 0.1) is 11.6 Å². The quantitative estimate of drug-likeness (QED) is 0.814. The first kappa shape index (κ1) is 15.0. The van der Waals surface area contributed by atoms with Crippen LogP contribution in [0.4, 0.5) is 17.6 Å². The predicted molar refractivity (Wildman–Crippen MR) is 71.2 cm³/mol. The van der Waals surface area contributed by atoms with Crippen molar-refractivity contribution in [2.45, 2.75) is 19.1 Å². The first-order valence-corrected chi connectivity index (χ1v) is 7.00. The minimum atomic E-state index is -4.67. The van der Waals surface area contributed by atoms with Crippen LogP contribution in [0.25, 0.3) is 0 Å². The number of benzene rings is 1. The van der Waals surface area contributed by atoms with E-state index in [0.29, 0.717) is 12.1 Å². The molecule has 0 aliphatic heterocycles. The minimum Gasteiger partial charge on any atom is -0.307 e. The molecule has 1 heterocycles. The maximum atomic E-state index is 13.6. The summed E-state index contributed by atoms with van der Waals surface area (Å²) >= 11 is 1.49. The van der Waals surface area contributed by atoms with Crippen LogP contribution in [0.1, 0.15) is 29.7 Å². The van der Waals surface area contributed by atoms with E-state index in [4.69, 9.17) is 0 Å². The molecule has 0 fully saturated rings. The Morgan fingerprint density at radius 1 is 1.20 bits per heavy atom.